The Morgan fingerprint density at radius 1 is 1.12 bits per heavy atom. The number of aliphatic hydroxyl groups excluding tert-OH is 2. The molecule has 11 atom stereocenters. The maximum Gasteiger partial charge on any atom is 1.00 e. The van der Waals surface area contributed by atoms with E-state index >= 15 is 0 Å². The van der Waals surface area contributed by atoms with Crippen molar-refractivity contribution in [1.82, 2.24) is 0 Å². The zero-order valence-corrected chi connectivity index (χ0v) is 23.4. The van der Waals surface area contributed by atoms with Gasteiger partial charge in [0, 0.05) is 5.97 Å². The molecule has 0 aliphatic heterocycles. The number of nitrogens with two attached hydrogens (primary N) is 1. The number of carboxylic acid groups (broad SMARTS) is 1. The van der Waals surface area contributed by atoms with Gasteiger partial charge in [0.05, 0.1) is 18.8 Å². The van der Waals surface area contributed by atoms with Crippen molar-refractivity contribution in [3.8, 4) is 0 Å². The van der Waals surface area contributed by atoms with Crippen molar-refractivity contribution in [2.75, 3.05) is 6.54 Å². The van der Waals surface area contributed by atoms with E-state index in [1.165, 1.54) is 0 Å². The molecule has 0 spiro atoms. The van der Waals surface area contributed by atoms with E-state index in [1.807, 2.05) is 0 Å². The number of rotatable bonds is 6. The minimum Gasteiger partial charge on any atom is -0.550 e. The second-order valence-electron chi connectivity index (χ2n) is 12.1. The van der Waals surface area contributed by atoms with E-state index in [0.717, 1.165) is 32.1 Å². The fourth-order valence-corrected chi connectivity index (χ4v) is 9.00. The van der Waals surface area contributed by atoms with Crippen molar-refractivity contribution >= 4 is 11.9 Å². The third kappa shape index (κ3) is 4.74. The van der Waals surface area contributed by atoms with Gasteiger partial charge in [-0.05, 0) is 104 Å². The minimum absolute atomic E-state index is 0. The molecule has 4 saturated carbocycles. The predicted octanol–water partition coefficient (Wildman–Crippen LogP) is -1.37. The number of fused-ring (bicyclic) bond motifs is 5. The van der Waals surface area contributed by atoms with Crippen LogP contribution in [-0.4, -0.2) is 47.0 Å². The molecule has 0 aromatic carbocycles. The summed E-state index contributed by atoms with van der Waals surface area (Å²) in [6.07, 6.45) is 5.42. The van der Waals surface area contributed by atoms with Crippen molar-refractivity contribution in [3.05, 3.63) is 0 Å². The zero-order chi connectivity index (χ0) is 24.1. The molecule has 0 aromatic heterocycles. The molecule has 0 saturated heterocycles. The Morgan fingerprint density at radius 2 is 1.82 bits per heavy atom. The van der Waals surface area contributed by atoms with Crippen molar-refractivity contribution in [3.63, 3.8) is 0 Å². The Bertz CT molecular complexity index is 766. The van der Waals surface area contributed by atoms with Crippen LogP contribution in [0.2, 0.25) is 0 Å². The fraction of sp³-hybridized carbons (Fsp3) is 0.923. The Balaban J connectivity index is 0.00000324. The van der Waals surface area contributed by atoms with Gasteiger partial charge in [-0.15, -0.1) is 0 Å². The van der Waals surface area contributed by atoms with Crippen molar-refractivity contribution < 1.29 is 59.2 Å². The first-order valence-electron chi connectivity index (χ1n) is 13.0. The first kappa shape index (κ1) is 28.4. The van der Waals surface area contributed by atoms with Crippen molar-refractivity contribution in [2.24, 2.45) is 52.1 Å². The summed E-state index contributed by atoms with van der Waals surface area (Å²) >= 11 is 0. The van der Waals surface area contributed by atoms with Crippen LogP contribution in [0.15, 0.2) is 0 Å². The van der Waals surface area contributed by atoms with Crippen LogP contribution in [0, 0.1) is 46.3 Å². The molecule has 188 valence electrons. The van der Waals surface area contributed by atoms with Crippen LogP contribution >= 0.6 is 0 Å². The molecule has 4 fully saturated rings. The molecule has 0 heterocycles. The molecule has 4 N–H and O–H groups in total. The van der Waals surface area contributed by atoms with Crippen LogP contribution in [0.25, 0.3) is 0 Å². The average Bonchev–Trinajstić information content (AvgIpc) is 3.12. The van der Waals surface area contributed by atoms with E-state index in [2.05, 4.69) is 20.8 Å². The summed E-state index contributed by atoms with van der Waals surface area (Å²) in [5, 5.41) is 34.0. The van der Waals surface area contributed by atoms with Crippen LogP contribution in [0.1, 0.15) is 78.6 Å². The molecule has 0 aromatic rings. The molecule has 4 aliphatic rings. The third-order valence-corrected chi connectivity index (χ3v) is 10.8. The Kier molecular flexibility index (Phi) is 8.91. The molecule has 4 rings (SSSR count). The topological polar surface area (TPSA) is 133 Å². The largest absolute Gasteiger partial charge is 1.00 e. The van der Waals surface area contributed by atoms with Gasteiger partial charge in [-0.2, -0.15) is 0 Å². The molecule has 0 amide bonds. The third-order valence-electron chi connectivity index (χ3n) is 10.8. The predicted molar refractivity (Wildman–Crippen MR) is 120 cm³/mol. The number of carbonyl (C=O) groups excluding carboxylic acids is 2. The normalized spacial score (nSPS) is 46.3. The number of aliphatic carboxylic acids is 1. The quantitative estimate of drug-likeness (QED) is 0.311. The van der Waals surface area contributed by atoms with Gasteiger partial charge in [-0.25, -0.2) is 0 Å². The number of hydrogen-bond acceptors (Lipinski definition) is 7. The van der Waals surface area contributed by atoms with E-state index in [9.17, 15) is 24.9 Å². The first-order chi connectivity index (χ1) is 15.5. The monoisotopic (exact) mass is 487 g/mol. The van der Waals surface area contributed by atoms with Crippen LogP contribution in [0.4, 0.5) is 0 Å². The van der Waals surface area contributed by atoms with Gasteiger partial charge in [0.15, 0.2) is 0 Å². The van der Waals surface area contributed by atoms with Gasteiger partial charge in [0.25, 0.3) is 0 Å². The van der Waals surface area contributed by atoms with Crippen molar-refractivity contribution in [2.45, 2.75) is 96.9 Å². The summed E-state index contributed by atoms with van der Waals surface area (Å²) < 4.78 is 5.55. The molecule has 7 nitrogen and oxygen atoms in total. The molecular weight excluding hydrogens is 445 g/mol. The van der Waals surface area contributed by atoms with E-state index in [0.29, 0.717) is 19.3 Å². The summed E-state index contributed by atoms with van der Waals surface area (Å²) in [7, 11) is 0. The molecule has 4 aliphatic carbocycles. The number of aliphatic hydroxyl groups is 2. The number of esters is 1. The molecule has 3 unspecified atom stereocenters. The maximum atomic E-state index is 11.7. The fourth-order valence-electron chi connectivity index (χ4n) is 9.00. The summed E-state index contributed by atoms with van der Waals surface area (Å²) in [4.78, 5) is 22.7. The molecule has 34 heavy (non-hydrogen) atoms. The second kappa shape index (κ2) is 10.7. The van der Waals surface area contributed by atoms with Crippen LogP contribution in [0.3, 0.4) is 0 Å². The van der Waals surface area contributed by atoms with Gasteiger partial charge in [-0.3, -0.25) is 4.79 Å². The van der Waals surface area contributed by atoms with Gasteiger partial charge in [0.1, 0.15) is 6.10 Å². The average molecular weight is 488 g/mol. The summed E-state index contributed by atoms with van der Waals surface area (Å²) in [5.74, 6) is -0.0468. The Hall–Kier alpha value is -0.180. The second-order valence-corrected chi connectivity index (χ2v) is 12.1. The van der Waals surface area contributed by atoms with Crippen LogP contribution in [0.5, 0.6) is 0 Å². The van der Waals surface area contributed by atoms with Crippen LogP contribution in [-0.2, 0) is 14.3 Å². The van der Waals surface area contributed by atoms with Gasteiger partial charge in [0.2, 0.25) is 0 Å². The smallest absolute Gasteiger partial charge is 0.550 e. The summed E-state index contributed by atoms with van der Waals surface area (Å²) in [6.45, 7) is 6.52. The number of ether oxygens (including phenoxy) is 1. The molecule has 0 bridgehead atoms. The Labute approximate surface area is 225 Å². The summed E-state index contributed by atoms with van der Waals surface area (Å²) in [5.41, 5.74) is 5.13. The van der Waals surface area contributed by atoms with E-state index in [-0.39, 0.29) is 101 Å². The van der Waals surface area contributed by atoms with Crippen LogP contribution < -0.4 is 40.4 Å². The zero-order valence-electron chi connectivity index (χ0n) is 21.4. The molecule has 0 radical (unpaired) electrons. The van der Waals surface area contributed by atoms with Gasteiger partial charge in [-0.1, -0.05) is 20.8 Å². The number of hydrogen-bond donors (Lipinski definition) is 3. The summed E-state index contributed by atoms with van der Waals surface area (Å²) in [6, 6.07) is 0. The Morgan fingerprint density at radius 3 is 2.47 bits per heavy atom. The van der Waals surface area contributed by atoms with Gasteiger partial charge < -0.3 is 30.6 Å². The SMILES string of the molecule is C[C@H](CCC(=O)[O-])[C@H]1CCC2C3C(C[C@H](O)[C@@]21C)[C@@]1(C)CC[C@@H](OC(=O)CN)C[C@H]1C[C@H]3O.[Na+]. The number of carboxylic acids is 1. The van der Waals surface area contributed by atoms with Gasteiger partial charge >= 0.3 is 35.5 Å². The van der Waals surface area contributed by atoms with Crippen molar-refractivity contribution in [1.29, 1.82) is 0 Å². The molecular formula is C26H42NNaO6. The number of carbonyl (C=O) groups is 2. The molecule has 8 heteroatoms. The van der Waals surface area contributed by atoms with E-state index < -0.39 is 18.2 Å². The van der Waals surface area contributed by atoms with E-state index in [4.69, 9.17) is 10.5 Å². The minimum atomic E-state index is -1.01. The standard InChI is InChI=1S/C26H43NO6.Na/c1-14(4-7-22(30)31)17-5-6-18-24-19(12-21(29)26(17,18)3)25(2)9-8-16(33-23(32)13-27)10-15(25)11-20(24)28;/h14-21,24,28-29H,4-13,27H2,1-3H3,(H,30,31);/q;+1/p-1/t14-,15+,16-,17-,18?,19?,20-,21+,24?,25+,26-;/m1./s1. The first-order valence-corrected chi connectivity index (χ1v) is 13.0. The maximum absolute atomic E-state index is 11.7. The van der Waals surface area contributed by atoms with E-state index in [1.54, 1.807) is 0 Å².